The fourth-order valence-electron chi connectivity index (χ4n) is 3.86. The van der Waals surface area contributed by atoms with E-state index in [0.29, 0.717) is 17.9 Å². The summed E-state index contributed by atoms with van der Waals surface area (Å²) >= 11 is 0. The minimum absolute atomic E-state index is 0.0111. The maximum absolute atomic E-state index is 14.1. The number of esters is 1. The SMILES string of the molecule is COC(=O)[C@@H](C)Oc1cc2oc(C(F)(F)F)c(-c3ccc4c(c3)OCCO4)c(=O)c2cc1C(C)C. The van der Waals surface area contributed by atoms with Crippen LogP contribution in [-0.2, 0) is 15.7 Å². The van der Waals surface area contributed by atoms with Gasteiger partial charge in [0.15, 0.2) is 17.6 Å². The van der Waals surface area contributed by atoms with E-state index >= 15 is 0 Å². The van der Waals surface area contributed by atoms with Crippen molar-refractivity contribution in [1.29, 1.82) is 0 Å². The normalized spacial score (nSPS) is 14.2. The van der Waals surface area contributed by atoms with Crippen LogP contribution in [0.25, 0.3) is 22.1 Å². The van der Waals surface area contributed by atoms with E-state index in [1.807, 2.05) is 13.8 Å². The molecule has 1 aromatic heterocycles. The highest BCUT2D eigenvalue weighted by Crippen LogP contribution is 2.41. The predicted molar refractivity (Wildman–Crippen MR) is 120 cm³/mol. The van der Waals surface area contributed by atoms with Crippen molar-refractivity contribution in [2.24, 2.45) is 0 Å². The molecule has 0 spiro atoms. The van der Waals surface area contributed by atoms with E-state index in [0.717, 1.165) is 0 Å². The van der Waals surface area contributed by atoms with Crippen molar-refractivity contribution in [2.45, 2.75) is 39.0 Å². The largest absolute Gasteiger partial charge is 0.486 e. The quantitative estimate of drug-likeness (QED) is 0.446. The first-order chi connectivity index (χ1) is 16.5. The molecule has 3 aromatic rings. The molecule has 0 N–H and O–H groups in total. The molecule has 186 valence electrons. The molecule has 0 saturated heterocycles. The summed E-state index contributed by atoms with van der Waals surface area (Å²) in [6.07, 6.45) is -5.99. The molecular weight excluding hydrogens is 469 g/mol. The van der Waals surface area contributed by atoms with E-state index in [-0.39, 0.29) is 40.6 Å². The molecule has 2 heterocycles. The second-order valence-electron chi connectivity index (χ2n) is 8.32. The Labute approximate surface area is 198 Å². The second-order valence-corrected chi connectivity index (χ2v) is 8.32. The number of carbonyl (C=O) groups excluding carboxylic acids is 1. The summed E-state index contributed by atoms with van der Waals surface area (Å²) < 4.78 is 68.7. The van der Waals surface area contributed by atoms with Gasteiger partial charge in [-0.3, -0.25) is 4.79 Å². The molecule has 35 heavy (non-hydrogen) atoms. The van der Waals surface area contributed by atoms with E-state index in [1.54, 1.807) is 0 Å². The van der Waals surface area contributed by atoms with Gasteiger partial charge in [0.2, 0.25) is 11.2 Å². The molecule has 7 nitrogen and oxygen atoms in total. The van der Waals surface area contributed by atoms with Crippen LogP contribution < -0.4 is 19.6 Å². The van der Waals surface area contributed by atoms with Gasteiger partial charge in [0.1, 0.15) is 24.5 Å². The average Bonchev–Trinajstić information content (AvgIpc) is 2.82. The zero-order chi connectivity index (χ0) is 25.5. The maximum atomic E-state index is 14.1. The first-order valence-corrected chi connectivity index (χ1v) is 10.9. The first-order valence-electron chi connectivity index (χ1n) is 10.9. The topological polar surface area (TPSA) is 84.2 Å². The Morgan fingerprint density at radius 1 is 1.03 bits per heavy atom. The average molecular weight is 492 g/mol. The summed E-state index contributed by atoms with van der Waals surface area (Å²) in [5, 5.41) is -0.0512. The van der Waals surface area contributed by atoms with Crippen LogP contribution in [0.3, 0.4) is 0 Å². The zero-order valence-electron chi connectivity index (χ0n) is 19.4. The van der Waals surface area contributed by atoms with Crippen LogP contribution in [0.5, 0.6) is 17.2 Å². The van der Waals surface area contributed by atoms with Gasteiger partial charge in [0.25, 0.3) is 0 Å². The van der Waals surface area contributed by atoms with Crippen LogP contribution in [0.15, 0.2) is 39.5 Å². The molecule has 10 heteroatoms. The Balaban J connectivity index is 1.96. The lowest BCUT2D eigenvalue weighted by atomic mass is 9.96. The minimum Gasteiger partial charge on any atom is -0.486 e. The van der Waals surface area contributed by atoms with Crippen molar-refractivity contribution < 1.29 is 41.3 Å². The van der Waals surface area contributed by atoms with Crippen molar-refractivity contribution in [2.75, 3.05) is 20.3 Å². The molecule has 0 amide bonds. The molecule has 2 aromatic carbocycles. The van der Waals surface area contributed by atoms with Crippen molar-refractivity contribution in [3.8, 4) is 28.4 Å². The number of rotatable bonds is 5. The molecular formula is C25H23F3O7. The monoisotopic (exact) mass is 492 g/mol. The molecule has 0 radical (unpaired) electrons. The molecule has 0 fully saturated rings. The highest BCUT2D eigenvalue weighted by molar-refractivity contribution is 5.86. The number of alkyl halides is 3. The standard InChI is InChI=1S/C25H23F3O7/c1-12(2)15-10-16-19(11-18(15)34-13(3)24(30)31-4)35-23(25(26,27)28)21(22(16)29)14-5-6-17-20(9-14)33-8-7-32-17/h5-6,9-13H,7-8H2,1-4H3/t13-/m1/s1. The third-order valence-corrected chi connectivity index (χ3v) is 5.57. The molecule has 1 atom stereocenters. The van der Waals surface area contributed by atoms with Gasteiger partial charge in [-0.15, -0.1) is 0 Å². The maximum Gasteiger partial charge on any atom is 0.450 e. The number of halogens is 3. The molecule has 0 bridgehead atoms. The highest BCUT2D eigenvalue weighted by Gasteiger charge is 2.40. The summed E-state index contributed by atoms with van der Waals surface area (Å²) in [5.74, 6) is -1.55. The number of fused-ring (bicyclic) bond motifs is 2. The Kier molecular flexibility index (Phi) is 6.40. The number of carbonyl (C=O) groups is 1. The van der Waals surface area contributed by atoms with E-state index in [1.165, 1.54) is 44.4 Å². The summed E-state index contributed by atoms with van der Waals surface area (Å²) in [5.41, 5.74) is -1.30. The number of ether oxygens (including phenoxy) is 4. The Morgan fingerprint density at radius 3 is 2.34 bits per heavy atom. The Morgan fingerprint density at radius 2 is 1.71 bits per heavy atom. The number of methoxy groups -OCH3 is 1. The van der Waals surface area contributed by atoms with Crippen LogP contribution in [-0.4, -0.2) is 32.4 Å². The second kappa shape index (κ2) is 9.16. The van der Waals surface area contributed by atoms with Gasteiger partial charge in [-0.2, -0.15) is 13.2 Å². The van der Waals surface area contributed by atoms with Crippen LogP contribution in [0.1, 0.15) is 38.0 Å². The van der Waals surface area contributed by atoms with E-state index < -0.39 is 35.0 Å². The van der Waals surface area contributed by atoms with Gasteiger partial charge in [-0.25, -0.2) is 4.79 Å². The smallest absolute Gasteiger partial charge is 0.450 e. The van der Waals surface area contributed by atoms with Gasteiger partial charge < -0.3 is 23.4 Å². The fourth-order valence-corrected chi connectivity index (χ4v) is 3.86. The van der Waals surface area contributed by atoms with Crippen molar-refractivity contribution >= 4 is 16.9 Å². The van der Waals surface area contributed by atoms with E-state index in [9.17, 15) is 22.8 Å². The fraction of sp³-hybridized carbons (Fsp3) is 0.360. The summed E-state index contributed by atoms with van der Waals surface area (Å²) in [7, 11) is 1.19. The molecule has 1 aliphatic rings. The number of hydrogen-bond acceptors (Lipinski definition) is 7. The van der Waals surface area contributed by atoms with Crippen LogP contribution in [0.4, 0.5) is 13.2 Å². The first kappa shape index (κ1) is 24.4. The summed E-state index contributed by atoms with van der Waals surface area (Å²) in [6.45, 7) is 5.64. The molecule has 0 unspecified atom stereocenters. The lowest BCUT2D eigenvalue weighted by Crippen LogP contribution is -2.25. The lowest BCUT2D eigenvalue weighted by molar-refractivity contribution is -0.152. The molecule has 1 aliphatic heterocycles. The van der Waals surface area contributed by atoms with Gasteiger partial charge in [-0.05, 0) is 42.2 Å². The third kappa shape index (κ3) is 4.65. The molecule has 0 aliphatic carbocycles. The van der Waals surface area contributed by atoms with Crippen molar-refractivity contribution in [3.05, 3.63) is 51.9 Å². The highest BCUT2D eigenvalue weighted by atomic mass is 19.4. The lowest BCUT2D eigenvalue weighted by Gasteiger charge is -2.20. The van der Waals surface area contributed by atoms with E-state index in [2.05, 4.69) is 4.74 Å². The summed E-state index contributed by atoms with van der Waals surface area (Å²) in [4.78, 5) is 25.3. The molecule has 0 saturated carbocycles. The van der Waals surface area contributed by atoms with Gasteiger partial charge in [-0.1, -0.05) is 19.9 Å². The third-order valence-electron chi connectivity index (χ3n) is 5.57. The predicted octanol–water partition coefficient (Wildman–Crippen LogP) is 5.31. The Hall–Kier alpha value is -3.69. The molecule has 4 rings (SSSR count). The van der Waals surface area contributed by atoms with Crippen LogP contribution in [0, 0.1) is 0 Å². The number of benzene rings is 2. The van der Waals surface area contributed by atoms with Gasteiger partial charge >= 0.3 is 12.1 Å². The van der Waals surface area contributed by atoms with Gasteiger partial charge in [0.05, 0.1) is 18.1 Å². The zero-order valence-corrected chi connectivity index (χ0v) is 19.4. The summed E-state index contributed by atoms with van der Waals surface area (Å²) in [6, 6.07) is 6.79. The van der Waals surface area contributed by atoms with Gasteiger partial charge in [0, 0.05) is 6.07 Å². The van der Waals surface area contributed by atoms with Crippen molar-refractivity contribution in [1.82, 2.24) is 0 Å². The minimum atomic E-state index is -4.97. The van der Waals surface area contributed by atoms with Crippen LogP contribution in [0.2, 0.25) is 0 Å². The Bertz CT molecular complexity index is 1340. The number of hydrogen-bond donors (Lipinski definition) is 0. The van der Waals surface area contributed by atoms with Crippen molar-refractivity contribution in [3.63, 3.8) is 0 Å². The van der Waals surface area contributed by atoms with Crippen LogP contribution >= 0.6 is 0 Å². The van der Waals surface area contributed by atoms with E-state index in [4.69, 9.17) is 18.6 Å².